The van der Waals surface area contributed by atoms with Crippen LogP contribution in [0.3, 0.4) is 0 Å². The van der Waals surface area contributed by atoms with Crippen LogP contribution in [-0.4, -0.2) is 54.4 Å². The van der Waals surface area contributed by atoms with Crippen LogP contribution >= 0.6 is 0 Å². The maximum atomic E-state index is 13.2. The summed E-state index contributed by atoms with van der Waals surface area (Å²) in [4.78, 5) is 29.2. The van der Waals surface area contributed by atoms with E-state index in [1.54, 1.807) is 4.90 Å². The van der Waals surface area contributed by atoms with Gasteiger partial charge < -0.3 is 14.5 Å². The van der Waals surface area contributed by atoms with E-state index < -0.39 is 23.8 Å². The van der Waals surface area contributed by atoms with Gasteiger partial charge in [0.1, 0.15) is 5.75 Å². The van der Waals surface area contributed by atoms with Crippen molar-refractivity contribution in [3.63, 3.8) is 0 Å². The molecule has 3 rings (SSSR count). The quantitative estimate of drug-likeness (QED) is 0.715. The molecule has 1 aromatic rings. The standard InChI is InChI=1S/C23H27F3N2O3/c1-2-27-14-8-4-3-7-11-22(21(27)30)12-15-28(16-13-22)20(29)17-31-19-10-6-5-9-18(19)23(24,25)26/h3-10H,2,11-17H2,1H3/b7-3-,8-4-. The van der Waals surface area contributed by atoms with Crippen molar-refractivity contribution in [3.05, 3.63) is 54.1 Å². The first-order valence-corrected chi connectivity index (χ1v) is 10.4. The molecule has 0 bridgehead atoms. The Balaban J connectivity index is 1.63. The second-order valence-electron chi connectivity index (χ2n) is 7.85. The van der Waals surface area contributed by atoms with Crippen LogP contribution in [0.2, 0.25) is 0 Å². The van der Waals surface area contributed by atoms with Crippen molar-refractivity contribution in [1.82, 2.24) is 9.80 Å². The summed E-state index contributed by atoms with van der Waals surface area (Å²) >= 11 is 0. The number of benzene rings is 1. The first-order chi connectivity index (χ1) is 14.8. The Morgan fingerprint density at radius 2 is 1.81 bits per heavy atom. The highest BCUT2D eigenvalue weighted by molar-refractivity contribution is 5.84. The van der Waals surface area contributed by atoms with Crippen molar-refractivity contribution >= 4 is 11.8 Å². The predicted molar refractivity (Wildman–Crippen MR) is 110 cm³/mol. The number of likely N-dealkylation sites (N-methyl/N-ethyl adjacent to an activating group) is 1. The van der Waals surface area contributed by atoms with Gasteiger partial charge in [-0.3, -0.25) is 9.59 Å². The molecule has 168 valence electrons. The van der Waals surface area contributed by atoms with Crippen LogP contribution in [0.1, 0.15) is 31.7 Å². The number of ether oxygens (including phenoxy) is 1. The summed E-state index contributed by atoms with van der Waals surface area (Å²) in [6, 6.07) is 4.84. The van der Waals surface area contributed by atoms with E-state index in [1.807, 2.05) is 36.1 Å². The molecule has 1 aromatic carbocycles. The van der Waals surface area contributed by atoms with E-state index in [0.717, 1.165) is 6.07 Å². The third-order valence-electron chi connectivity index (χ3n) is 5.96. The number of allylic oxidation sites excluding steroid dienone is 3. The van der Waals surface area contributed by atoms with E-state index in [2.05, 4.69) is 0 Å². The van der Waals surface area contributed by atoms with Gasteiger partial charge in [0.15, 0.2) is 6.61 Å². The fourth-order valence-electron chi connectivity index (χ4n) is 4.08. The van der Waals surface area contributed by atoms with Gasteiger partial charge in [-0.1, -0.05) is 36.4 Å². The molecule has 0 aromatic heterocycles. The summed E-state index contributed by atoms with van der Waals surface area (Å²) in [6.07, 6.45) is 4.89. The summed E-state index contributed by atoms with van der Waals surface area (Å²) < 4.78 is 44.5. The number of likely N-dealkylation sites (tertiary alicyclic amines) is 1. The number of carbonyl (C=O) groups is 2. The molecule has 2 aliphatic rings. The highest BCUT2D eigenvalue weighted by Crippen LogP contribution is 2.38. The van der Waals surface area contributed by atoms with Gasteiger partial charge in [0.05, 0.1) is 11.0 Å². The van der Waals surface area contributed by atoms with E-state index in [1.165, 1.54) is 18.2 Å². The molecule has 2 aliphatic heterocycles. The summed E-state index contributed by atoms with van der Waals surface area (Å²) in [6.45, 7) is 3.37. The van der Waals surface area contributed by atoms with E-state index in [0.29, 0.717) is 45.4 Å². The lowest BCUT2D eigenvalue weighted by Gasteiger charge is -2.42. The summed E-state index contributed by atoms with van der Waals surface area (Å²) in [5.74, 6) is -0.653. The molecule has 2 amide bonds. The fraction of sp³-hybridized carbons (Fsp3) is 0.478. The Morgan fingerprint density at radius 3 is 2.48 bits per heavy atom. The number of halogens is 3. The molecule has 8 heteroatoms. The lowest BCUT2D eigenvalue weighted by atomic mass is 9.74. The summed E-state index contributed by atoms with van der Waals surface area (Å²) in [7, 11) is 0. The van der Waals surface area contributed by atoms with Crippen LogP contribution in [0, 0.1) is 5.41 Å². The molecule has 2 heterocycles. The molecule has 31 heavy (non-hydrogen) atoms. The molecule has 0 unspecified atom stereocenters. The highest BCUT2D eigenvalue weighted by Gasteiger charge is 2.43. The van der Waals surface area contributed by atoms with Crippen LogP contribution in [0.5, 0.6) is 5.75 Å². The molecular weight excluding hydrogens is 409 g/mol. The minimum absolute atomic E-state index is 0.0913. The third kappa shape index (κ3) is 5.29. The Morgan fingerprint density at radius 1 is 1.13 bits per heavy atom. The smallest absolute Gasteiger partial charge is 0.419 e. The molecule has 0 radical (unpaired) electrons. The normalized spacial score (nSPS) is 21.2. The van der Waals surface area contributed by atoms with Crippen molar-refractivity contribution in [1.29, 1.82) is 0 Å². The van der Waals surface area contributed by atoms with Crippen molar-refractivity contribution in [2.24, 2.45) is 5.41 Å². The molecule has 0 atom stereocenters. The number of piperidine rings is 1. The summed E-state index contributed by atoms with van der Waals surface area (Å²) in [5, 5.41) is 0. The average molecular weight is 436 g/mol. The van der Waals surface area contributed by atoms with Gasteiger partial charge in [-0.2, -0.15) is 13.2 Å². The number of carbonyl (C=O) groups excluding carboxylic acids is 2. The first-order valence-electron chi connectivity index (χ1n) is 10.4. The van der Waals surface area contributed by atoms with Crippen LogP contribution in [0.25, 0.3) is 0 Å². The summed E-state index contributed by atoms with van der Waals surface area (Å²) in [5.41, 5.74) is -1.46. The lowest BCUT2D eigenvalue weighted by molar-refractivity contribution is -0.148. The zero-order valence-electron chi connectivity index (χ0n) is 17.5. The molecule has 0 N–H and O–H groups in total. The number of rotatable bonds is 4. The predicted octanol–water partition coefficient (Wildman–Crippen LogP) is 4.06. The zero-order chi connectivity index (χ0) is 22.5. The lowest BCUT2D eigenvalue weighted by Crippen LogP contribution is -2.51. The molecular formula is C23H27F3N2O3. The maximum absolute atomic E-state index is 13.2. The molecule has 1 spiro atoms. The number of nitrogens with zero attached hydrogens (tertiary/aromatic N) is 2. The fourth-order valence-corrected chi connectivity index (χ4v) is 4.08. The van der Waals surface area contributed by atoms with Crippen molar-refractivity contribution in [2.45, 2.75) is 32.4 Å². The van der Waals surface area contributed by atoms with E-state index in [-0.39, 0.29) is 17.6 Å². The van der Waals surface area contributed by atoms with Gasteiger partial charge in [0, 0.05) is 26.2 Å². The van der Waals surface area contributed by atoms with Crippen LogP contribution in [0.4, 0.5) is 13.2 Å². The Labute approximate surface area is 180 Å². The number of alkyl halides is 3. The zero-order valence-corrected chi connectivity index (χ0v) is 17.5. The Bertz CT molecular complexity index is 856. The van der Waals surface area contributed by atoms with Crippen molar-refractivity contribution in [3.8, 4) is 5.75 Å². The molecule has 0 aliphatic carbocycles. The number of para-hydroxylation sites is 1. The van der Waals surface area contributed by atoms with E-state index in [9.17, 15) is 22.8 Å². The average Bonchev–Trinajstić information content (AvgIpc) is 2.83. The number of hydrogen-bond donors (Lipinski definition) is 0. The van der Waals surface area contributed by atoms with E-state index >= 15 is 0 Å². The second-order valence-corrected chi connectivity index (χ2v) is 7.85. The van der Waals surface area contributed by atoms with Crippen LogP contribution < -0.4 is 4.74 Å². The maximum Gasteiger partial charge on any atom is 0.419 e. The van der Waals surface area contributed by atoms with Gasteiger partial charge in [0.2, 0.25) is 5.91 Å². The topological polar surface area (TPSA) is 49.9 Å². The highest BCUT2D eigenvalue weighted by atomic mass is 19.4. The van der Waals surface area contributed by atoms with Gasteiger partial charge in [-0.25, -0.2) is 0 Å². The van der Waals surface area contributed by atoms with Gasteiger partial charge in [0.25, 0.3) is 5.91 Å². The van der Waals surface area contributed by atoms with Crippen molar-refractivity contribution < 1.29 is 27.5 Å². The number of amides is 2. The second kappa shape index (κ2) is 9.58. The monoisotopic (exact) mass is 436 g/mol. The molecule has 1 fully saturated rings. The molecule has 1 saturated heterocycles. The minimum atomic E-state index is -4.55. The largest absolute Gasteiger partial charge is 0.483 e. The Kier molecular flexibility index (Phi) is 7.08. The number of hydrogen-bond acceptors (Lipinski definition) is 3. The van der Waals surface area contributed by atoms with E-state index in [4.69, 9.17) is 4.74 Å². The minimum Gasteiger partial charge on any atom is -0.483 e. The van der Waals surface area contributed by atoms with Crippen LogP contribution in [0.15, 0.2) is 48.6 Å². The molecule has 5 nitrogen and oxygen atoms in total. The first kappa shape index (κ1) is 22.9. The van der Waals surface area contributed by atoms with Crippen molar-refractivity contribution in [2.75, 3.05) is 32.8 Å². The SMILES string of the molecule is CCN1C/C=C\C=C/CC2(CCN(C(=O)COc3ccccc3C(F)(F)F)CC2)C1=O. The van der Waals surface area contributed by atoms with Gasteiger partial charge in [-0.15, -0.1) is 0 Å². The third-order valence-corrected chi connectivity index (χ3v) is 5.96. The molecule has 0 saturated carbocycles. The van der Waals surface area contributed by atoms with Gasteiger partial charge in [-0.05, 0) is 38.3 Å². The van der Waals surface area contributed by atoms with Crippen LogP contribution in [-0.2, 0) is 15.8 Å². The Hall–Kier alpha value is -2.77. The van der Waals surface area contributed by atoms with Gasteiger partial charge >= 0.3 is 6.18 Å².